The second-order valence-electron chi connectivity index (χ2n) is 22.2. The number of nitrogens with zero attached hydrogens (tertiary/aromatic N) is 2. The molecule has 0 heterocycles. The van der Waals surface area contributed by atoms with Crippen LogP contribution >= 0.6 is 0 Å². The van der Waals surface area contributed by atoms with Gasteiger partial charge in [-0.1, -0.05) is 40.7 Å². The third-order valence-electron chi connectivity index (χ3n) is 15.3. The maximum absolute atomic E-state index is 13.9. The Balaban J connectivity index is 1.38. The van der Waals surface area contributed by atoms with Gasteiger partial charge >= 0.3 is 17.9 Å². The quantitative estimate of drug-likeness (QED) is 0.0190. The first-order valence-corrected chi connectivity index (χ1v) is 27.9. The Kier molecular flexibility index (Phi) is 25.6. The minimum Gasteiger partial charge on any atom is -0.484 e. The van der Waals surface area contributed by atoms with E-state index in [0.717, 1.165) is 37.7 Å². The monoisotopic (exact) mass is 1180 g/mol. The molecule has 0 radical (unpaired) electrons. The van der Waals surface area contributed by atoms with Crippen LogP contribution in [0.15, 0.2) is 28.2 Å². The first-order chi connectivity index (χ1) is 39.5. The number of hydrogen-bond donors (Lipinski definition) is 15. The maximum Gasteiger partial charge on any atom is 0.326 e. The zero-order valence-corrected chi connectivity index (χ0v) is 48.0. The van der Waals surface area contributed by atoms with Crippen LogP contribution in [-0.2, 0) is 64.0 Å². The van der Waals surface area contributed by atoms with Crippen molar-refractivity contribution in [3.05, 3.63) is 29.3 Å². The Bertz CT molecular complexity index is 2680. The number of guanidine groups is 2. The lowest BCUT2D eigenvalue weighted by atomic mass is 9.55. The van der Waals surface area contributed by atoms with E-state index in [1.165, 1.54) is 33.3 Å². The average molecular weight is 1180 g/mol. The molecule has 3 aliphatic carbocycles. The first kappa shape index (κ1) is 67.9. The molecule has 4 rings (SSSR count). The molecule has 10 atom stereocenters. The van der Waals surface area contributed by atoms with E-state index in [1.54, 1.807) is 6.07 Å². The molecule has 30 heteroatoms. The Labute approximate surface area is 485 Å². The number of aliphatic carboxylic acids is 3. The summed E-state index contributed by atoms with van der Waals surface area (Å²) in [6.07, 6.45) is 3.22. The summed E-state index contributed by atoms with van der Waals surface area (Å²) in [5.41, 5.74) is 23.8. The number of hydrogen-bond acceptors (Lipinski definition) is 15. The number of carboxylic acids is 3. The molecule has 0 aliphatic heterocycles. The highest BCUT2D eigenvalue weighted by Crippen LogP contribution is 2.59. The standard InChI is InChI=1S/C54H82N14O16/c1-26(2)44(50(81)66-35(9-7-19-60-53(57)58)47(78)62-24-40(71)65-37(22-43(75)76)49(80)68-45(27(3)4)51(82)83)67-48(79)36(21-42(73)74)64-39(70)23-61-46(77)34(8-6-18-59-52(55)56)63-41(72)25-84-29-11-13-30-28(20-29)10-12-32-31(30)16-17-54(5)33(32)14-15-38(54)69/h11,13,20,26-27,31-37,44-45H,6-10,12,14-19,21-25H2,1-5H3,(H,61,77)(H,62,78)(H,63,72)(H,64,70)(H,65,71)(H,66,81)(H,67,79)(H,68,80)(H,73,74)(H,75,76)(H,82,83)(H4,55,56,59)(H4,57,58,60)/t31-,32-,33+,34+,35+,36+,37+,44+,45+,54+/m1/s1. The number of carbonyl (C=O) groups is 12. The van der Waals surface area contributed by atoms with Crippen LogP contribution in [0.25, 0.3) is 0 Å². The summed E-state index contributed by atoms with van der Waals surface area (Å²) in [5, 5.41) is 47.2. The Morgan fingerprint density at radius 1 is 0.619 bits per heavy atom. The molecule has 1 aromatic carbocycles. The van der Waals surface area contributed by atoms with Gasteiger partial charge in [0.1, 0.15) is 47.8 Å². The molecule has 84 heavy (non-hydrogen) atoms. The number of nitrogens with one attached hydrogen (secondary N) is 8. The number of rotatable bonds is 33. The topological polar surface area (TPSA) is 500 Å². The van der Waals surface area contributed by atoms with Gasteiger partial charge in [0.2, 0.25) is 41.4 Å². The van der Waals surface area contributed by atoms with Crippen LogP contribution in [0.5, 0.6) is 5.75 Å². The fourth-order valence-corrected chi connectivity index (χ4v) is 11.0. The first-order valence-electron chi connectivity index (χ1n) is 27.9. The molecule has 2 fully saturated rings. The highest BCUT2D eigenvalue weighted by molar-refractivity contribution is 5.98. The fraction of sp³-hybridized carbons (Fsp3) is 0.630. The van der Waals surface area contributed by atoms with E-state index in [1.807, 2.05) is 12.1 Å². The lowest BCUT2D eigenvalue weighted by Gasteiger charge is -2.48. The van der Waals surface area contributed by atoms with Crippen LogP contribution in [0.3, 0.4) is 0 Å². The normalized spacial score (nSPS) is 19.8. The van der Waals surface area contributed by atoms with E-state index in [2.05, 4.69) is 59.4 Å². The van der Waals surface area contributed by atoms with Crippen molar-refractivity contribution >= 4 is 82.9 Å². The van der Waals surface area contributed by atoms with Crippen molar-refractivity contribution in [1.82, 2.24) is 42.5 Å². The number of amides is 8. The lowest BCUT2D eigenvalue weighted by Crippen LogP contribution is -2.59. The molecular weight excluding hydrogens is 1100 g/mol. The predicted octanol–water partition coefficient (Wildman–Crippen LogP) is -2.92. The molecule has 0 spiro atoms. The fourth-order valence-electron chi connectivity index (χ4n) is 11.0. The molecule has 0 aromatic heterocycles. The Morgan fingerprint density at radius 3 is 1.61 bits per heavy atom. The molecular formula is C54H82N14O16. The number of carbonyl (C=O) groups excluding carboxylic acids is 9. The number of ketones is 1. The number of Topliss-reactive ketones (excluding diaryl/α,β-unsaturated/α-hetero) is 1. The summed E-state index contributed by atoms with van der Waals surface area (Å²) in [5.74, 6) is -12.3. The minimum absolute atomic E-state index is 0.00843. The number of nitrogens with two attached hydrogens (primary N) is 4. The largest absolute Gasteiger partial charge is 0.484 e. The van der Waals surface area contributed by atoms with Crippen molar-refractivity contribution in [2.75, 3.05) is 32.8 Å². The lowest BCUT2D eigenvalue weighted by molar-refractivity contribution is -0.144. The van der Waals surface area contributed by atoms with Gasteiger partial charge in [-0.3, -0.25) is 62.7 Å². The van der Waals surface area contributed by atoms with Crippen molar-refractivity contribution in [2.45, 2.75) is 154 Å². The predicted molar refractivity (Wildman–Crippen MR) is 301 cm³/mol. The van der Waals surface area contributed by atoms with Gasteiger partial charge in [-0.15, -0.1) is 0 Å². The molecule has 2 saturated carbocycles. The molecule has 8 amide bonds. The Morgan fingerprint density at radius 2 is 1.12 bits per heavy atom. The number of carboxylic acid groups (broad SMARTS) is 3. The SMILES string of the molecule is CC(C)[C@H](NC(=O)[C@H](CC(=O)O)NC(=O)CNC(=O)[C@H](CCCN=C(N)N)NC(=O)[C@@H](NC(=O)[C@H](CC(=O)O)NC(=O)CNC(=O)[C@H](CCCN=C(N)N)NC(=O)COc1ccc2c(c1)CC[C@@H]1[C@@H]2CC[C@]2(C)C(=O)CC[C@@H]12)C(C)C)C(=O)O. The van der Waals surface area contributed by atoms with Crippen LogP contribution in [0.2, 0.25) is 0 Å². The summed E-state index contributed by atoms with van der Waals surface area (Å²) in [6, 6.07) is -3.50. The van der Waals surface area contributed by atoms with Gasteiger partial charge < -0.3 is 85.5 Å². The van der Waals surface area contributed by atoms with Gasteiger partial charge in [0, 0.05) is 24.9 Å². The molecule has 0 unspecified atom stereocenters. The van der Waals surface area contributed by atoms with Gasteiger partial charge in [0.15, 0.2) is 18.5 Å². The highest BCUT2D eigenvalue weighted by Gasteiger charge is 2.54. The van der Waals surface area contributed by atoms with E-state index in [-0.39, 0.29) is 56.1 Å². The molecule has 464 valence electrons. The highest BCUT2D eigenvalue weighted by atomic mass is 16.5. The van der Waals surface area contributed by atoms with Crippen molar-refractivity contribution < 1.29 is 77.6 Å². The molecule has 0 saturated heterocycles. The average Bonchev–Trinajstić information content (AvgIpc) is 2.12. The third-order valence-corrected chi connectivity index (χ3v) is 15.3. The summed E-state index contributed by atoms with van der Waals surface area (Å²) in [7, 11) is 0. The summed E-state index contributed by atoms with van der Waals surface area (Å²) >= 11 is 0. The van der Waals surface area contributed by atoms with Crippen molar-refractivity contribution in [3.8, 4) is 5.75 Å². The van der Waals surface area contributed by atoms with Gasteiger partial charge in [0.05, 0.1) is 25.9 Å². The molecule has 3 aliphatic rings. The molecule has 30 nitrogen and oxygen atoms in total. The van der Waals surface area contributed by atoms with Crippen LogP contribution in [0.1, 0.15) is 122 Å². The van der Waals surface area contributed by atoms with Gasteiger partial charge in [-0.05, 0) is 111 Å². The maximum atomic E-state index is 13.9. The number of benzene rings is 1. The van der Waals surface area contributed by atoms with E-state index < -0.39 is 146 Å². The second kappa shape index (κ2) is 31.7. The van der Waals surface area contributed by atoms with Gasteiger partial charge in [-0.2, -0.15) is 0 Å². The van der Waals surface area contributed by atoms with E-state index >= 15 is 0 Å². The Hall–Kier alpha value is -8.60. The molecule has 19 N–H and O–H groups in total. The van der Waals surface area contributed by atoms with Crippen LogP contribution < -0.4 is 70.2 Å². The van der Waals surface area contributed by atoms with Crippen LogP contribution in [0.4, 0.5) is 0 Å². The summed E-state index contributed by atoms with van der Waals surface area (Å²) in [6.45, 7) is 5.99. The van der Waals surface area contributed by atoms with Gasteiger partial charge in [0.25, 0.3) is 5.91 Å². The molecule has 0 bridgehead atoms. The zero-order valence-electron chi connectivity index (χ0n) is 48.0. The third kappa shape index (κ3) is 20.4. The number of fused-ring (bicyclic) bond motifs is 5. The smallest absolute Gasteiger partial charge is 0.326 e. The molecule has 1 aromatic rings. The summed E-state index contributed by atoms with van der Waals surface area (Å²) < 4.78 is 5.88. The number of aryl methyl sites for hydroxylation is 1. The van der Waals surface area contributed by atoms with E-state index in [0.29, 0.717) is 35.7 Å². The minimum atomic E-state index is -1.83. The van der Waals surface area contributed by atoms with Crippen molar-refractivity contribution in [3.63, 3.8) is 0 Å². The number of aliphatic imine (C=N–C) groups is 2. The van der Waals surface area contributed by atoms with Crippen LogP contribution in [0, 0.1) is 29.1 Å². The van der Waals surface area contributed by atoms with E-state index in [4.69, 9.17) is 27.7 Å². The summed E-state index contributed by atoms with van der Waals surface area (Å²) in [4.78, 5) is 163. The van der Waals surface area contributed by atoms with Gasteiger partial charge in [-0.25, -0.2) is 4.79 Å². The van der Waals surface area contributed by atoms with Crippen molar-refractivity contribution in [2.24, 2.45) is 62.0 Å². The number of ether oxygens (including phenoxy) is 1. The van der Waals surface area contributed by atoms with Crippen molar-refractivity contribution in [1.29, 1.82) is 0 Å². The van der Waals surface area contributed by atoms with E-state index in [9.17, 15) is 72.9 Å². The zero-order chi connectivity index (χ0) is 62.6. The van der Waals surface area contributed by atoms with Crippen LogP contribution in [-0.4, -0.2) is 167 Å². The second-order valence-corrected chi connectivity index (χ2v) is 22.2.